The Bertz CT molecular complexity index is 839. The maximum atomic E-state index is 12.7. The number of aromatic nitrogens is 3. The predicted octanol–water partition coefficient (Wildman–Crippen LogP) is 1.06. The predicted molar refractivity (Wildman–Crippen MR) is 105 cm³/mol. The zero-order valence-electron chi connectivity index (χ0n) is 16.8. The Morgan fingerprint density at radius 2 is 1.97 bits per heavy atom. The summed E-state index contributed by atoms with van der Waals surface area (Å²) in [6.45, 7) is 6.36. The normalized spacial score (nSPS) is 18.7. The number of rotatable bonds is 5. The first-order valence-electron chi connectivity index (χ1n) is 10.4. The monoisotopic (exact) mass is 400 g/mol. The topological polar surface area (TPSA) is 96.5 Å². The molecule has 1 atom stereocenters. The van der Waals surface area contributed by atoms with E-state index in [0.717, 1.165) is 44.2 Å². The molecule has 4 heterocycles. The molecule has 0 aliphatic carbocycles. The highest BCUT2D eigenvalue weighted by Gasteiger charge is 2.27. The van der Waals surface area contributed by atoms with E-state index >= 15 is 0 Å². The second-order valence-corrected chi connectivity index (χ2v) is 7.80. The van der Waals surface area contributed by atoms with E-state index in [2.05, 4.69) is 25.0 Å². The molecule has 2 aromatic rings. The van der Waals surface area contributed by atoms with Gasteiger partial charge in [0.1, 0.15) is 24.0 Å². The maximum Gasteiger partial charge on any atom is 0.255 e. The smallest absolute Gasteiger partial charge is 0.255 e. The van der Waals surface area contributed by atoms with Crippen LogP contribution in [0.3, 0.4) is 0 Å². The van der Waals surface area contributed by atoms with Crippen LogP contribution < -0.4 is 5.32 Å². The molecule has 156 valence electrons. The number of piperazine rings is 1. The van der Waals surface area contributed by atoms with Crippen LogP contribution >= 0.6 is 0 Å². The second-order valence-electron chi connectivity index (χ2n) is 7.80. The number of nitrogens with zero attached hydrogens (tertiary/aromatic N) is 5. The van der Waals surface area contributed by atoms with Gasteiger partial charge in [0.25, 0.3) is 5.91 Å². The lowest BCUT2D eigenvalue weighted by molar-refractivity contribution is -0.134. The van der Waals surface area contributed by atoms with Gasteiger partial charge in [0.15, 0.2) is 0 Å². The van der Waals surface area contributed by atoms with E-state index in [0.29, 0.717) is 18.7 Å². The van der Waals surface area contributed by atoms with Crippen molar-refractivity contribution in [3.63, 3.8) is 0 Å². The minimum atomic E-state index is -0.573. The van der Waals surface area contributed by atoms with Gasteiger partial charge in [0.05, 0.1) is 18.4 Å². The summed E-state index contributed by atoms with van der Waals surface area (Å²) in [6, 6.07) is 1.01. The van der Waals surface area contributed by atoms with E-state index in [1.807, 2.05) is 4.90 Å². The Hall–Kier alpha value is -2.68. The number of carbonyl (C=O) groups excluding carboxylic acids is 2. The van der Waals surface area contributed by atoms with Gasteiger partial charge in [-0.15, -0.1) is 10.2 Å². The molecule has 0 saturated carbocycles. The Morgan fingerprint density at radius 3 is 2.72 bits per heavy atom. The van der Waals surface area contributed by atoms with Gasteiger partial charge >= 0.3 is 0 Å². The van der Waals surface area contributed by atoms with Gasteiger partial charge in [-0.1, -0.05) is 6.42 Å². The fourth-order valence-corrected chi connectivity index (χ4v) is 4.00. The van der Waals surface area contributed by atoms with Crippen molar-refractivity contribution in [1.29, 1.82) is 0 Å². The lowest BCUT2D eigenvalue weighted by atomic mass is 10.2. The molecule has 9 nitrogen and oxygen atoms in total. The van der Waals surface area contributed by atoms with Crippen LogP contribution in [0.5, 0.6) is 0 Å². The first-order chi connectivity index (χ1) is 14.1. The summed E-state index contributed by atoms with van der Waals surface area (Å²) in [5.41, 5.74) is 0.418. The van der Waals surface area contributed by atoms with Gasteiger partial charge in [0.2, 0.25) is 5.91 Å². The second kappa shape index (κ2) is 8.77. The van der Waals surface area contributed by atoms with Crippen molar-refractivity contribution < 1.29 is 14.0 Å². The van der Waals surface area contributed by atoms with Gasteiger partial charge < -0.3 is 19.2 Å². The lowest BCUT2D eigenvalue weighted by Crippen LogP contribution is -2.54. The molecule has 2 amide bonds. The Morgan fingerprint density at radius 1 is 1.14 bits per heavy atom. The van der Waals surface area contributed by atoms with E-state index < -0.39 is 6.04 Å². The summed E-state index contributed by atoms with van der Waals surface area (Å²) in [7, 11) is 0. The molecule has 2 aromatic heterocycles. The third-order valence-corrected chi connectivity index (χ3v) is 5.74. The molecule has 0 bridgehead atoms. The summed E-state index contributed by atoms with van der Waals surface area (Å²) in [6.07, 6.45) is 7.44. The number of hydrogen-bond donors (Lipinski definition) is 1. The Kier molecular flexibility index (Phi) is 5.94. The number of carbonyl (C=O) groups is 2. The SMILES string of the molecule is CC(NC(=O)c1ccoc1)C(=O)N1CCN(Cc2nnc3n2CCCCC3)CC1. The summed E-state index contributed by atoms with van der Waals surface area (Å²) in [4.78, 5) is 28.9. The number of aryl methyl sites for hydroxylation is 1. The van der Waals surface area contributed by atoms with Crippen LogP contribution in [0.4, 0.5) is 0 Å². The molecule has 0 spiro atoms. The van der Waals surface area contributed by atoms with Crippen molar-refractivity contribution in [3.8, 4) is 0 Å². The first kappa shape index (κ1) is 19.6. The molecular formula is C20H28N6O3. The van der Waals surface area contributed by atoms with Crippen molar-refractivity contribution in [2.75, 3.05) is 26.2 Å². The molecule has 0 radical (unpaired) electrons. The quantitative estimate of drug-likeness (QED) is 0.806. The van der Waals surface area contributed by atoms with E-state index in [-0.39, 0.29) is 11.8 Å². The van der Waals surface area contributed by atoms with Crippen LogP contribution in [0.2, 0.25) is 0 Å². The average molecular weight is 400 g/mol. The van der Waals surface area contributed by atoms with Crippen LogP contribution in [0.25, 0.3) is 0 Å². The Balaban J connectivity index is 1.27. The number of hydrogen-bond acceptors (Lipinski definition) is 6. The zero-order chi connectivity index (χ0) is 20.2. The van der Waals surface area contributed by atoms with Gasteiger partial charge in [-0.2, -0.15) is 0 Å². The fourth-order valence-electron chi connectivity index (χ4n) is 4.00. The number of fused-ring (bicyclic) bond motifs is 1. The van der Waals surface area contributed by atoms with Gasteiger partial charge in [-0.25, -0.2) is 0 Å². The first-order valence-corrected chi connectivity index (χ1v) is 10.4. The molecule has 9 heteroatoms. The molecule has 4 rings (SSSR count). The molecule has 2 aliphatic rings. The zero-order valence-corrected chi connectivity index (χ0v) is 16.8. The van der Waals surface area contributed by atoms with Gasteiger partial charge in [-0.3, -0.25) is 14.5 Å². The molecule has 1 N–H and O–H groups in total. The molecule has 1 unspecified atom stereocenters. The maximum absolute atomic E-state index is 12.7. The lowest BCUT2D eigenvalue weighted by Gasteiger charge is -2.35. The molecule has 1 fully saturated rings. The van der Waals surface area contributed by atoms with E-state index in [9.17, 15) is 9.59 Å². The minimum Gasteiger partial charge on any atom is -0.472 e. The van der Waals surface area contributed by atoms with Crippen molar-refractivity contribution in [2.45, 2.75) is 51.7 Å². The molecular weight excluding hydrogens is 372 g/mol. The van der Waals surface area contributed by atoms with Crippen molar-refractivity contribution in [3.05, 3.63) is 35.8 Å². The van der Waals surface area contributed by atoms with Crippen LogP contribution in [0.15, 0.2) is 23.0 Å². The highest BCUT2D eigenvalue weighted by molar-refractivity contribution is 5.97. The number of nitrogens with one attached hydrogen (secondary N) is 1. The van der Waals surface area contributed by atoms with E-state index in [1.54, 1.807) is 13.0 Å². The molecule has 1 saturated heterocycles. The summed E-state index contributed by atoms with van der Waals surface area (Å²) < 4.78 is 7.19. The minimum absolute atomic E-state index is 0.0576. The van der Waals surface area contributed by atoms with Crippen LogP contribution in [-0.2, 0) is 24.3 Å². The molecule has 29 heavy (non-hydrogen) atoms. The Labute approximate surface area is 170 Å². The summed E-state index contributed by atoms with van der Waals surface area (Å²) in [5.74, 6) is 1.78. The van der Waals surface area contributed by atoms with E-state index in [1.165, 1.54) is 31.8 Å². The number of amides is 2. The standard InChI is InChI=1S/C20H28N6O3/c1-15(21-19(27)16-6-12-29-14-16)20(28)25-10-8-24(9-11-25)13-18-23-22-17-5-3-2-4-7-26(17)18/h6,12,14-15H,2-5,7-11,13H2,1H3,(H,21,27). The average Bonchev–Trinajstić information content (AvgIpc) is 3.33. The number of furan rings is 1. The third kappa shape index (κ3) is 4.50. The summed E-state index contributed by atoms with van der Waals surface area (Å²) >= 11 is 0. The van der Waals surface area contributed by atoms with Crippen molar-refractivity contribution >= 4 is 11.8 Å². The van der Waals surface area contributed by atoms with Crippen LogP contribution in [0.1, 0.15) is 48.2 Å². The highest BCUT2D eigenvalue weighted by Crippen LogP contribution is 2.16. The van der Waals surface area contributed by atoms with Crippen molar-refractivity contribution in [2.24, 2.45) is 0 Å². The highest BCUT2D eigenvalue weighted by atomic mass is 16.3. The van der Waals surface area contributed by atoms with Crippen LogP contribution in [-0.4, -0.2) is 68.6 Å². The van der Waals surface area contributed by atoms with E-state index in [4.69, 9.17) is 4.42 Å². The van der Waals surface area contributed by atoms with Crippen LogP contribution in [0, 0.1) is 0 Å². The fraction of sp³-hybridized carbons (Fsp3) is 0.600. The van der Waals surface area contributed by atoms with Gasteiger partial charge in [-0.05, 0) is 25.8 Å². The molecule has 2 aliphatic heterocycles. The molecule has 0 aromatic carbocycles. The van der Waals surface area contributed by atoms with Gasteiger partial charge in [0, 0.05) is 39.1 Å². The third-order valence-electron chi connectivity index (χ3n) is 5.74. The van der Waals surface area contributed by atoms with Crippen molar-refractivity contribution in [1.82, 2.24) is 29.9 Å². The largest absolute Gasteiger partial charge is 0.472 e. The summed E-state index contributed by atoms with van der Waals surface area (Å²) in [5, 5.41) is 11.5.